The molecular weight excluding hydrogens is 587 g/mol. The lowest BCUT2D eigenvalue weighted by Crippen LogP contribution is -2.24. The summed E-state index contributed by atoms with van der Waals surface area (Å²) in [6, 6.07) is 7.82. The van der Waals surface area contributed by atoms with Crippen LogP contribution in [0, 0.1) is 0 Å². The second kappa shape index (κ2) is 17.4. The van der Waals surface area contributed by atoms with Gasteiger partial charge >= 0.3 is 0 Å². The molecule has 3 rings (SSSR count). The van der Waals surface area contributed by atoms with E-state index in [1.165, 1.54) is 74.0 Å². The molecule has 0 aliphatic rings. The van der Waals surface area contributed by atoms with Gasteiger partial charge in [0.25, 0.3) is 11.8 Å². The Kier molecular flexibility index (Phi) is 14.4. The Morgan fingerprint density at radius 2 is 0.974 bits per heavy atom. The number of halogens is 2. The van der Waals surface area contributed by atoms with Gasteiger partial charge in [0.1, 0.15) is 8.67 Å². The highest BCUT2D eigenvalue weighted by Crippen LogP contribution is 2.43. The van der Waals surface area contributed by atoms with Gasteiger partial charge in [0.05, 0.1) is 11.1 Å². The van der Waals surface area contributed by atoms with Crippen molar-refractivity contribution in [3.05, 3.63) is 44.1 Å². The Morgan fingerprint density at radius 1 is 0.590 bits per heavy atom. The lowest BCUT2D eigenvalue weighted by atomic mass is 10.1. The topological polar surface area (TPSA) is 58.2 Å². The zero-order valence-corrected chi connectivity index (χ0v) is 27.0. The molecule has 214 valence electrons. The van der Waals surface area contributed by atoms with Crippen molar-refractivity contribution in [3.8, 4) is 19.5 Å². The summed E-state index contributed by atoms with van der Waals surface area (Å²) in [5, 5.41) is 6.02. The van der Waals surface area contributed by atoms with Crippen molar-refractivity contribution in [2.45, 2.75) is 90.9 Å². The Labute approximate surface area is 255 Å². The maximum atomic E-state index is 12.7. The first-order valence-electron chi connectivity index (χ1n) is 14.2. The molecule has 0 spiro atoms. The van der Waals surface area contributed by atoms with Crippen molar-refractivity contribution >= 4 is 69.0 Å². The smallest absolute Gasteiger partial charge is 0.253 e. The molecule has 0 atom stereocenters. The lowest BCUT2D eigenvalue weighted by molar-refractivity contribution is 0.0945. The Balaban J connectivity index is 1.53. The Hall–Kier alpha value is -1.38. The first-order chi connectivity index (χ1) is 18.9. The lowest BCUT2D eigenvalue weighted by Gasteiger charge is -2.04. The minimum atomic E-state index is -0.116. The summed E-state index contributed by atoms with van der Waals surface area (Å²) in [4.78, 5) is 29.4. The van der Waals surface area contributed by atoms with Crippen molar-refractivity contribution in [3.63, 3.8) is 0 Å². The van der Waals surface area contributed by atoms with Crippen LogP contribution in [0.4, 0.5) is 0 Å². The Bertz CT molecular complexity index is 1100. The largest absolute Gasteiger partial charge is 0.352 e. The van der Waals surface area contributed by atoms with Gasteiger partial charge in [0.2, 0.25) is 0 Å². The second-order valence-electron chi connectivity index (χ2n) is 9.81. The fourth-order valence-corrected chi connectivity index (χ4v) is 8.01. The molecule has 0 bridgehead atoms. The van der Waals surface area contributed by atoms with E-state index in [1.807, 2.05) is 24.3 Å². The van der Waals surface area contributed by atoms with E-state index in [2.05, 4.69) is 24.5 Å². The zero-order valence-electron chi connectivity index (χ0n) is 23.0. The van der Waals surface area contributed by atoms with Gasteiger partial charge in [-0.25, -0.2) is 0 Å². The second-order valence-corrected chi connectivity index (χ2v) is 14.2. The van der Waals surface area contributed by atoms with Gasteiger partial charge in [0.15, 0.2) is 0 Å². The van der Waals surface area contributed by atoms with Crippen LogP contribution in [0.25, 0.3) is 19.5 Å². The highest BCUT2D eigenvalue weighted by molar-refractivity contribution is 7.28. The number of amides is 2. The molecule has 0 aliphatic carbocycles. The molecule has 2 amide bonds. The third kappa shape index (κ3) is 10.2. The summed E-state index contributed by atoms with van der Waals surface area (Å²) < 4.78 is 1.01. The standard InChI is InChI=1S/C30H40Cl2N2O2S3/c1-3-5-7-9-11-13-17-33-29(35)21-19-25(38-27(21)31)23-15-16-24(37-23)26-20-22(28(32)39-26)30(36)34-18-14-12-10-8-6-4-2/h15-16,19-20H,3-14,17-18H2,1-2H3,(H,33,35)(H,34,36). The first kappa shape index (κ1) is 32.1. The van der Waals surface area contributed by atoms with E-state index >= 15 is 0 Å². The van der Waals surface area contributed by atoms with Crippen molar-refractivity contribution < 1.29 is 9.59 Å². The number of nitrogens with one attached hydrogen (secondary N) is 2. The number of unbranched alkanes of at least 4 members (excludes halogenated alkanes) is 10. The number of thiophene rings is 3. The predicted octanol–water partition coefficient (Wildman–Crippen LogP) is 10.7. The maximum Gasteiger partial charge on any atom is 0.253 e. The molecular formula is C30H40Cl2N2O2S3. The predicted molar refractivity (Wildman–Crippen MR) is 172 cm³/mol. The number of carbonyl (C=O) groups excluding carboxylic acids is 2. The number of rotatable bonds is 18. The Morgan fingerprint density at radius 3 is 1.38 bits per heavy atom. The van der Waals surface area contributed by atoms with E-state index < -0.39 is 0 Å². The summed E-state index contributed by atoms with van der Waals surface area (Å²) in [5.74, 6) is -0.232. The van der Waals surface area contributed by atoms with Crippen LogP contribution in [-0.2, 0) is 0 Å². The number of carbonyl (C=O) groups is 2. The van der Waals surface area contributed by atoms with E-state index in [1.54, 1.807) is 11.3 Å². The van der Waals surface area contributed by atoms with Crippen LogP contribution in [0.2, 0.25) is 8.67 Å². The van der Waals surface area contributed by atoms with E-state index in [0.717, 1.165) is 45.2 Å². The minimum Gasteiger partial charge on any atom is -0.352 e. The van der Waals surface area contributed by atoms with Crippen LogP contribution < -0.4 is 10.6 Å². The molecule has 3 aromatic heterocycles. The van der Waals surface area contributed by atoms with Gasteiger partial charge in [-0.05, 0) is 37.1 Å². The normalized spacial score (nSPS) is 11.2. The van der Waals surface area contributed by atoms with E-state index in [-0.39, 0.29) is 11.8 Å². The van der Waals surface area contributed by atoms with Crippen molar-refractivity contribution in [1.82, 2.24) is 10.6 Å². The molecule has 39 heavy (non-hydrogen) atoms. The summed E-state index contributed by atoms with van der Waals surface area (Å²) in [5.41, 5.74) is 1.06. The highest BCUT2D eigenvalue weighted by Gasteiger charge is 2.19. The number of hydrogen-bond donors (Lipinski definition) is 2. The monoisotopic (exact) mass is 626 g/mol. The molecule has 0 saturated carbocycles. The molecule has 0 radical (unpaired) electrons. The van der Waals surface area contributed by atoms with Gasteiger partial charge in [0, 0.05) is 32.6 Å². The van der Waals surface area contributed by atoms with Gasteiger partial charge in [-0.2, -0.15) is 0 Å². The van der Waals surface area contributed by atoms with E-state index in [0.29, 0.717) is 32.9 Å². The van der Waals surface area contributed by atoms with Gasteiger partial charge < -0.3 is 10.6 Å². The van der Waals surface area contributed by atoms with Crippen LogP contribution >= 0.6 is 57.2 Å². The summed E-state index contributed by atoms with van der Waals surface area (Å²) >= 11 is 17.4. The van der Waals surface area contributed by atoms with Gasteiger partial charge in [-0.15, -0.1) is 34.0 Å². The third-order valence-electron chi connectivity index (χ3n) is 6.59. The van der Waals surface area contributed by atoms with Crippen molar-refractivity contribution in [2.75, 3.05) is 13.1 Å². The van der Waals surface area contributed by atoms with Crippen LogP contribution in [0.15, 0.2) is 24.3 Å². The van der Waals surface area contributed by atoms with Gasteiger partial charge in [-0.1, -0.05) is 101 Å². The number of hydrogen-bond acceptors (Lipinski definition) is 5. The van der Waals surface area contributed by atoms with Crippen LogP contribution in [0.3, 0.4) is 0 Å². The molecule has 0 aromatic carbocycles. The van der Waals surface area contributed by atoms with Gasteiger partial charge in [-0.3, -0.25) is 9.59 Å². The van der Waals surface area contributed by atoms with Crippen molar-refractivity contribution in [2.24, 2.45) is 0 Å². The molecule has 4 nitrogen and oxygen atoms in total. The van der Waals surface area contributed by atoms with E-state index in [9.17, 15) is 9.59 Å². The summed E-state index contributed by atoms with van der Waals surface area (Å²) in [6.45, 7) is 5.76. The minimum absolute atomic E-state index is 0.116. The maximum absolute atomic E-state index is 12.7. The van der Waals surface area contributed by atoms with Crippen LogP contribution in [-0.4, -0.2) is 24.9 Å². The average molecular weight is 628 g/mol. The average Bonchev–Trinajstić information content (AvgIpc) is 3.65. The first-order valence-corrected chi connectivity index (χ1v) is 17.4. The molecule has 0 saturated heterocycles. The molecule has 2 N–H and O–H groups in total. The quantitative estimate of drug-likeness (QED) is 0.138. The van der Waals surface area contributed by atoms with Crippen LogP contribution in [0.5, 0.6) is 0 Å². The highest BCUT2D eigenvalue weighted by atomic mass is 35.5. The summed E-state index contributed by atoms with van der Waals surface area (Å²) in [6.07, 6.45) is 14.2. The molecule has 0 aliphatic heterocycles. The molecule has 3 heterocycles. The van der Waals surface area contributed by atoms with Crippen LogP contribution in [0.1, 0.15) is 112 Å². The summed E-state index contributed by atoms with van der Waals surface area (Å²) in [7, 11) is 0. The fraction of sp³-hybridized carbons (Fsp3) is 0.533. The molecule has 9 heteroatoms. The molecule has 3 aromatic rings. The van der Waals surface area contributed by atoms with E-state index in [4.69, 9.17) is 23.2 Å². The zero-order chi connectivity index (χ0) is 28.0. The SMILES string of the molecule is CCCCCCCCNC(=O)c1cc(-c2ccc(-c3cc(C(=O)NCCCCCCCC)c(Cl)s3)s2)sc1Cl. The molecule has 0 unspecified atom stereocenters. The van der Waals surface area contributed by atoms with Crippen molar-refractivity contribution in [1.29, 1.82) is 0 Å². The molecule has 0 fully saturated rings. The third-order valence-corrected chi connectivity index (χ3v) is 10.8. The fourth-order valence-electron chi connectivity index (χ4n) is 4.30.